The number of hydrogen-bond acceptors (Lipinski definition) is 7. The summed E-state index contributed by atoms with van der Waals surface area (Å²) < 4.78 is 128. The van der Waals surface area contributed by atoms with Crippen molar-refractivity contribution >= 4 is 17.5 Å². The Labute approximate surface area is 305 Å². The Hall–Kier alpha value is -5.64. The van der Waals surface area contributed by atoms with E-state index in [0.717, 1.165) is 12.1 Å². The first-order chi connectivity index (χ1) is 25.8. The summed E-state index contributed by atoms with van der Waals surface area (Å²) in [5.41, 5.74) is -2.94. The minimum atomic E-state index is -4.59. The van der Waals surface area contributed by atoms with Crippen LogP contribution in [0.5, 0.6) is 0 Å². The molecule has 5 aromatic rings. The van der Waals surface area contributed by atoms with E-state index in [1.54, 1.807) is 0 Å². The molecular formula is C36H29F9N8O2. The van der Waals surface area contributed by atoms with E-state index in [1.807, 2.05) is 0 Å². The van der Waals surface area contributed by atoms with Crippen LogP contribution in [0.25, 0.3) is 16.8 Å². The molecule has 19 heteroatoms. The van der Waals surface area contributed by atoms with Crippen molar-refractivity contribution in [1.29, 1.82) is 0 Å². The van der Waals surface area contributed by atoms with Crippen LogP contribution in [-0.2, 0) is 23.7 Å². The summed E-state index contributed by atoms with van der Waals surface area (Å²) in [6, 6.07) is 7.14. The van der Waals surface area contributed by atoms with Gasteiger partial charge in [0.1, 0.15) is 47.4 Å². The van der Waals surface area contributed by atoms with Crippen molar-refractivity contribution in [3.63, 3.8) is 0 Å². The van der Waals surface area contributed by atoms with Crippen molar-refractivity contribution in [3.8, 4) is 23.0 Å². The number of carbonyl (C=O) groups is 1. The molecule has 2 aliphatic carbocycles. The average molecular weight is 777 g/mol. The predicted molar refractivity (Wildman–Crippen MR) is 177 cm³/mol. The molecule has 2 aliphatic rings. The molecule has 288 valence electrons. The number of aliphatic hydroxyl groups is 1. The van der Waals surface area contributed by atoms with Gasteiger partial charge < -0.3 is 15.7 Å². The number of halogens is 9. The molecule has 10 nitrogen and oxygen atoms in total. The molecule has 0 unspecified atom stereocenters. The monoisotopic (exact) mass is 776 g/mol. The maximum absolute atomic E-state index is 15.3. The number of nitrogens with zero attached hydrogens (tertiary/aromatic N) is 6. The highest BCUT2D eigenvalue weighted by atomic mass is 19.4. The van der Waals surface area contributed by atoms with E-state index >= 15 is 8.78 Å². The number of pyridine rings is 2. The smallest absolute Gasteiger partial charge is 0.378 e. The third-order valence-electron chi connectivity index (χ3n) is 9.08. The highest BCUT2D eigenvalue weighted by Crippen LogP contribution is 2.68. The van der Waals surface area contributed by atoms with Crippen LogP contribution in [0.4, 0.5) is 45.5 Å². The lowest BCUT2D eigenvalue weighted by molar-refractivity contribution is -0.123. The number of anilines is 1. The second kappa shape index (κ2) is 13.6. The molecule has 1 aromatic carbocycles. The van der Waals surface area contributed by atoms with Gasteiger partial charge in [-0.15, -0.1) is 10.2 Å². The SMILES string of the molecule is CC(C)(O)C#Cc1ccc(-c2cccn3c(NCC(F)(F)F)nnc23)c([C@H](Cc2cc(F)cc(F)c2)NC(=O)Cn2nc(C(F)F)c3c2C(F)(F)[C@@H]2C[C@H]32)n1. The Bertz CT molecular complexity index is 2350. The van der Waals surface area contributed by atoms with E-state index in [9.17, 15) is 40.6 Å². The molecule has 0 aliphatic heterocycles. The van der Waals surface area contributed by atoms with Gasteiger partial charge in [0.2, 0.25) is 11.9 Å². The Morgan fingerprint density at radius 3 is 2.45 bits per heavy atom. The quantitative estimate of drug-likeness (QED) is 0.108. The molecule has 4 aromatic heterocycles. The number of hydrogen-bond donors (Lipinski definition) is 3. The van der Waals surface area contributed by atoms with Gasteiger partial charge in [0.05, 0.1) is 11.7 Å². The van der Waals surface area contributed by atoms with Crippen LogP contribution in [0.1, 0.15) is 72.6 Å². The number of aromatic nitrogens is 6. The molecule has 3 atom stereocenters. The van der Waals surface area contributed by atoms with Crippen LogP contribution in [-0.4, -0.2) is 58.7 Å². The lowest BCUT2D eigenvalue weighted by Gasteiger charge is -2.23. The normalized spacial score (nSPS) is 17.8. The van der Waals surface area contributed by atoms with Crippen molar-refractivity contribution in [2.45, 2.75) is 69.3 Å². The molecular weight excluding hydrogens is 747 g/mol. The fraction of sp³-hybridized carbons (Fsp3) is 0.361. The average Bonchev–Trinajstić information content (AvgIpc) is 3.54. The summed E-state index contributed by atoms with van der Waals surface area (Å²) in [6.07, 6.45) is -6.76. The van der Waals surface area contributed by atoms with E-state index in [4.69, 9.17) is 0 Å². The Morgan fingerprint density at radius 2 is 1.78 bits per heavy atom. The third kappa shape index (κ3) is 7.68. The number of carbonyl (C=O) groups excluding carboxylic acids is 1. The summed E-state index contributed by atoms with van der Waals surface area (Å²) in [4.78, 5) is 18.4. The lowest BCUT2D eigenvalue weighted by atomic mass is 9.95. The number of benzene rings is 1. The van der Waals surface area contributed by atoms with E-state index < -0.39 is 84.0 Å². The van der Waals surface area contributed by atoms with Gasteiger partial charge in [-0.05, 0) is 80.5 Å². The zero-order valence-electron chi connectivity index (χ0n) is 28.7. The van der Waals surface area contributed by atoms with Gasteiger partial charge in [-0.25, -0.2) is 22.5 Å². The van der Waals surface area contributed by atoms with Crippen molar-refractivity contribution in [2.24, 2.45) is 5.92 Å². The van der Waals surface area contributed by atoms with E-state index in [0.29, 0.717) is 10.7 Å². The van der Waals surface area contributed by atoms with Crippen molar-refractivity contribution in [1.82, 2.24) is 34.7 Å². The Kier molecular flexibility index (Phi) is 9.30. The lowest BCUT2D eigenvalue weighted by Crippen LogP contribution is -2.35. The van der Waals surface area contributed by atoms with Crippen LogP contribution < -0.4 is 10.6 Å². The van der Waals surface area contributed by atoms with Gasteiger partial charge in [0.15, 0.2) is 5.65 Å². The van der Waals surface area contributed by atoms with Crippen LogP contribution in [0.15, 0.2) is 48.7 Å². The summed E-state index contributed by atoms with van der Waals surface area (Å²) in [5, 5.41) is 26.6. The van der Waals surface area contributed by atoms with E-state index in [1.165, 1.54) is 48.7 Å². The largest absolute Gasteiger partial charge is 0.405 e. The molecule has 4 heterocycles. The molecule has 1 amide bonds. The zero-order valence-corrected chi connectivity index (χ0v) is 28.7. The van der Waals surface area contributed by atoms with Gasteiger partial charge >= 0.3 is 6.18 Å². The van der Waals surface area contributed by atoms with Crippen LogP contribution >= 0.6 is 0 Å². The van der Waals surface area contributed by atoms with Gasteiger partial charge in [0.25, 0.3) is 12.3 Å². The summed E-state index contributed by atoms with van der Waals surface area (Å²) in [6.45, 7) is 0.445. The number of alkyl halides is 7. The van der Waals surface area contributed by atoms with Gasteiger partial charge in [-0.1, -0.05) is 5.92 Å². The fourth-order valence-electron chi connectivity index (χ4n) is 6.81. The molecule has 1 fully saturated rings. The molecule has 1 saturated carbocycles. The first-order valence-electron chi connectivity index (χ1n) is 16.7. The second-order valence-electron chi connectivity index (χ2n) is 13.8. The van der Waals surface area contributed by atoms with Gasteiger partial charge in [-0.2, -0.15) is 27.1 Å². The molecule has 55 heavy (non-hydrogen) atoms. The van der Waals surface area contributed by atoms with Crippen molar-refractivity contribution in [2.75, 3.05) is 11.9 Å². The molecule has 0 radical (unpaired) electrons. The maximum atomic E-state index is 15.3. The molecule has 0 saturated heterocycles. The number of fused-ring (bicyclic) bond motifs is 4. The van der Waals surface area contributed by atoms with Crippen molar-refractivity contribution < 1.29 is 49.4 Å². The standard InChI is InChI=1S/C36H29F9N8O2/c1-34(2,55)8-7-20-5-6-21(22-4-3-9-52-32(22)49-50-33(52)46-16-35(41,42)43)28(47-20)25(12-17-10-18(37)13-19(38)11-17)48-26(54)15-53-30-27(29(51-53)31(39)40)23-14-24(23)36(30,44)45/h3-6,9-11,13,23-25,31,55H,12,14-16H2,1-2H3,(H,46,50)(H,48,54)/t23-,24+,25-/m0/s1. The summed E-state index contributed by atoms with van der Waals surface area (Å²) >= 11 is 0. The first-order valence-corrected chi connectivity index (χ1v) is 16.7. The number of rotatable bonds is 10. The van der Waals surface area contributed by atoms with E-state index in [2.05, 4.69) is 42.8 Å². The fourth-order valence-corrected chi connectivity index (χ4v) is 6.81. The molecule has 3 N–H and O–H groups in total. The molecule has 7 rings (SSSR count). The highest BCUT2D eigenvalue weighted by Gasteiger charge is 2.67. The Morgan fingerprint density at radius 1 is 1.05 bits per heavy atom. The molecule has 0 spiro atoms. The Balaban J connectivity index is 1.34. The first kappa shape index (κ1) is 37.7. The maximum Gasteiger partial charge on any atom is 0.405 e. The predicted octanol–water partition coefficient (Wildman–Crippen LogP) is 6.61. The van der Waals surface area contributed by atoms with Crippen LogP contribution in [0.3, 0.4) is 0 Å². The minimum absolute atomic E-state index is 0.00368. The van der Waals surface area contributed by atoms with Gasteiger partial charge in [-0.3, -0.25) is 13.9 Å². The van der Waals surface area contributed by atoms with E-state index in [-0.39, 0.29) is 58.1 Å². The second-order valence-corrected chi connectivity index (χ2v) is 13.8. The van der Waals surface area contributed by atoms with Gasteiger partial charge in [0, 0.05) is 34.9 Å². The minimum Gasteiger partial charge on any atom is -0.378 e. The third-order valence-corrected chi connectivity index (χ3v) is 9.08. The number of amides is 1. The topological polar surface area (TPSA) is 122 Å². The van der Waals surface area contributed by atoms with Crippen LogP contribution in [0.2, 0.25) is 0 Å². The molecule has 0 bridgehead atoms. The zero-order chi connectivity index (χ0) is 39.6. The number of nitrogens with one attached hydrogen (secondary N) is 2. The van der Waals surface area contributed by atoms with Crippen molar-refractivity contribution in [3.05, 3.63) is 94.2 Å². The summed E-state index contributed by atoms with van der Waals surface area (Å²) in [7, 11) is 0. The summed E-state index contributed by atoms with van der Waals surface area (Å²) in [5.74, 6) is -3.42. The van der Waals surface area contributed by atoms with Crippen LogP contribution in [0, 0.1) is 29.4 Å². The highest BCUT2D eigenvalue weighted by molar-refractivity contribution is 5.81.